The van der Waals surface area contributed by atoms with E-state index < -0.39 is 0 Å². The fourth-order valence-corrected chi connectivity index (χ4v) is 2.70. The van der Waals surface area contributed by atoms with Crippen molar-refractivity contribution in [2.75, 3.05) is 7.11 Å². The molecule has 2 rings (SSSR count). The molecule has 0 saturated heterocycles. The van der Waals surface area contributed by atoms with Gasteiger partial charge in [-0.05, 0) is 47.4 Å². The summed E-state index contributed by atoms with van der Waals surface area (Å²) in [6.07, 6.45) is 0.138. The Morgan fingerprint density at radius 1 is 1.35 bits per heavy atom. The second kappa shape index (κ2) is 7.20. The first-order valence-corrected chi connectivity index (χ1v) is 7.46. The van der Waals surface area contributed by atoms with E-state index in [1.807, 2.05) is 37.3 Å². The fourth-order valence-electron chi connectivity index (χ4n) is 2.43. The lowest BCUT2D eigenvalue weighted by atomic mass is 9.94. The van der Waals surface area contributed by atoms with Crippen LogP contribution in [0.2, 0.25) is 5.02 Å². The number of carbonyl (C=O) groups excluding carboxylic acids is 1. The third-order valence-corrected chi connectivity index (χ3v) is 3.91. The molecule has 1 amide bonds. The summed E-state index contributed by atoms with van der Waals surface area (Å²) in [4.78, 5) is 11.9. The van der Waals surface area contributed by atoms with Gasteiger partial charge in [0.25, 0.3) is 0 Å². The van der Waals surface area contributed by atoms with E-state index in [9.17, 15) is 4.79 Å². The minimum atomic E-state index is -0.245. The average molecular weight is 331 g/mol. The second-order valence-corrected chi connectivity index (χ2v) is 5.59. The Morgan fingerprint density at radius 2 is 2.09 bits per heavy atom. The van der Waals surface area contributed by atoms with E-state index in [1.54, 1.807) is 13.2 Å². The van der Waals surface area contributed by atoms with E-state index in [0.29, 0.717) is 5.02 Å². The maximum Gasteiger partial charge on any atom is 0.229 e. The van der Waals surface area contributed by atoms with E-state index in [2.05, 4.69) is 11.9 Å². The second-order valence-electron chi connectivity index (χ2n) is 5.18. The van der Waals surface area contributed by atoms with Gasteiger partial charge in [0.1, 0.15) is 5.75 Å². The molecule has 0 aliphatic heterocycles. The third-order valence-electron chi connectivity index (χ3n) is 3.56. The van der Waals surface area contributed by atoms with E-state index >= 15 is 0 Å². The predicted molar refractivity (Wildman–Crippen MR) is 93.4 cm³/mol. The Morgan fingerprint density at radius 3 is 2.74 bits per heavy atom. The van der Waals surface area contributed by atoms with Crippen molar-refractivity contribution in [3.63, 3.8) is 0 Å². The van der Waals surface area contributed by atoms with Gasteiger partial charge >= 0.3 is 0 Å². The molecule has 0 heterocycles. The molecular formula is C18H19ClN2O2. The number of nitrogens with one attached hydrogen (secondary N) is 1. The van der Waals surface area contributed by atoms with Crippen molar-refractivity contribution in [2.45, 2.75) is 13.3 Å². The fraction of sp³-hybridized carbons (Fsp3) is 0.167. The maximum absolute atomic E-state index is 11.9. The highest BCUT2D eigenvalue weighted by atomic mass is 35.5. The predicted octanol–water partition coefficient (Wildman–Crippen LogP) is 3.41. The molecule has 0 bridgehead atoms. The number of rotatable bonds is 5. The summed E-state index contributed by atoms with van der Waals surface area (Å²) in [5, 5.41) is 3.04. The van der Waals surface area contributed by atoms with Crippen LogP contribution in [0.1, 0.15) is 11.1 Å². The van der Waals surface area contributed by atoms with Gasteiger partial charge in [0.15, 0.2) is 0 Å². The molecule has 0 radical (unpaired) electrons. The normalized spacial score (nSPS) is 10.2. The molecule has 0 aromatic heterocycles. The molecule has 0 unspecified atom stereocenters. The van der Waals surface area contributed by atoms with Gasteiger partial charge < -0.3 is 15.8 Å². The van der Waals surface area contributed by atoms with E-state index in [1.165, 1.54) is 0 Å². The molecule has 5 heteroatoms. The van der Waals surface area contributed by atoms with Crippen LogP contribution in [0, 0.1) is 6.92 Å². The van der Waals surface area contributed by atoms with Crippen LogP contribution in [0.15, 0.2) is 48.8 Å². The summed E-state index contributed by atoms with van der Waals surface area (Å²) in [5.74, 6) is 0.647. The number of carbonyl (C=O) groups is 1. The average Bonchev–Trinajstić information content (AvgIpc) is 2.51. The molecule has 0 aliphatic rings. The van der Waals surface area contributed by atoms with Crippen molar-refractivity contribution >= 4 is 17.5 Å². The van der Waals surface area contributed by atoms with Crippen LogP contribution in [-0.4, -0.2) is 13.0 Å². The van der Waals surface area contributed by atoms with Crippen LogP contribution in [0.4, 0.5) is 0 Å². The molecule has 0 atom stereocenters. The molecule has 23 heavy (non-hydrogen) atoms. The summed E-state index contributed by atoms with van der Waals surface area (Å²) in [6, 6.07) is 11.5. The maximum atomic E-state index is 11.9. The zero-order valence-corrected chi connectivity index (χ0v) is 13.9. The standard InChI is InChI=1S/C18H19ClN2O2/c1-11-15(13-5-4-6-14(9-13)23-3)7-8-17(19)16(11)10-18(22)21-12(2)20/h4-9H,2,10,20H2,1,3H3,(H,21,22). The molecule has 0 fully saturated rings. The highest BCUT2D eigenvalue weighted by Gasteiger charge is 2.14. The van der Waals surface area contributed by atoms with Gasteiger partial charge in [0.05, 0.1) is 19.4 Å². The Kier molecular flexibility index (Phi) is 5.29. The summed E-state index contributed by atoms with van der Waals surface area (Å²) < 4.78 is 5.26. The van der Waals surface area contributed by atoms with Crippen LogP contribution in [0.3, 0.4) is 0 Å². The van der Waals surface area contributed by atoms with Gasteiger partial charge in [-0.2, -0.15) is 0 Å². The van der Waals surface area contributed by atoms with Crippen LogP contribution in [0.5, 0.6) is 5.75 Å². The lowest BCUT2D eigenvalue weighted by molar-refractivity contribution is -0.119. The number of benzene rings is 2. The van der Waals surface area contributed by atoms with Crippen molar-refractivity contribution in [2.24, 2.45) is 5.73 Å². The van der Waals surface area contributed by atoms with Crippen LogP contribution in [-0.2, 0) is 11.2 Å². The molecule has 2 aromatic rings. The van der Waals surface area contributed by atoms with E-state index in [4.69, 9.17) is 22.1 Å². The summed E-state index contributed by atoms with van der Waals surface area (Å²) >= 11 is 6.27. The summed E-state index contributed by atoms with van der Waals surface area (Å²) in [6.45, 7) is 5.41. The zero-order chi connectivity index (χ0) is 17.0. The molecule has 0 saturated carbocycles. The first-order valence-electron chi connectivity index (χ1n) is 7.09. The van der Waals surface area contributed by atoms with Gasteiger partial charge in [0.2, 0.25) is 5.91 Å². The SMILES string of the molecule is C=C(N)NC(=O)Cc1c(Cl)ccc(-c2cccc(OC)c2)c1C. The van der Waals surface area contributed by atoms with Gasteiger partial charge in [-0.1, -0.05) is 36.4 Å². The minimum absolute atomic E-state index is 0.118. The van der Waals surface area contributed by atoms with E-state index in [0.717, 1.165) is 28.0 Å². The smallest absolute Gasteiger partial charge is 0.229 e. The number of amides is 1. The molecule has 120 valence electrons. The molecule has 3 N–H and O–H groups in total. The number of nitrogens with two attached hydrogens (primary N) is 1. The summed E-state index contributed by atoms with van der Waals surface area (Å²) in [7, 11) is 1.63. The lowest BCUT2D eigenvalue weighted by Crippen LogP contribution is -2.28. The topological polar surface area (TPSA) is 64.3 Å². The number of ether oxygens (including phenoxy) is 1. The number of halogens is 1. The Bertz CT molecular complexity index is 757. The third kappa shape index (κ3) is 4.05. The van der Waals surface area contributed by atoms with Gasteiger partial charge in [-0.3, -0.25) is 4.79 Å². The van der Waals surface area contributed by atoms with Crippen molar-refractivity contribution in [3.05, 3.63) is 64.9 Å². The van der Waals surface area contributed by atoms with Crippen molar-refractivity contribution in [1.29, 1.82) is 0 Å². The highest BCUT2D eigenvalue weighted by Crippen LogP contribution is 2.32. The Hall–Kier alpha value is -2.46. The Labute approximate surface area is 140 Å². The number of hydrogen-bond donors (Lipinski definition) is 2. The monoisotopic (exact) mass is 330 g/mol. The van der Waals surface area contributed by atoms with Gasteiger partial charge in [0, 0.05) is 5.02 Å². The summed E-state index contributed by atoms with van der Waals surface area (Å²) in [5.41, 5.74) is 9.13. The lowest BCUT2D eigenvalue weighted by Gasteiger charge is -2.14. The van der Waals surface area contributed by atoms with Crippen molar-refractivity contribution in [3.8, 4) is 16.9 Å². The van der Waals surface area contributed by atoms with Gasteiger partial charge in [-0.15, -0.1) is 0 Å². The molecule has 4 nitrogen and oxygen atoms in total. The molecular weight excluding hydrogens is 312 g/mol. The molecule has 2 aromatic carbocycles. The minimum Gasteiger partial charge on any atom is -0.497 e. The molecule has 0 spiro atoms. The largest absolute Gasteiger partial charge is 0.497 e. The first-order chi connectivity index (χ1) is 10.9. The van der Waals surface area contributed by atoms with Crippen LogP contribution in [0.25, 0.3) is 11.1 Å². The zero-order valence-electron chi connectivity index (χ0n) is 13.2. The number of methoxy groups -OCH3 is 1. The van der Waals surface area contributed by atoms with Gasteiger partial charge in [-0.25, -0.2) is 0 Å². The van der Waals surface area contributed by atoms with E-state index in [-0.39, 0.29) is 18.1 Å². The van der Waals surface area contributed by atoms with Crippen molar-refractivity contribution < 1.29 is 9.53 Å². The van der Waals surface area contributed by atoms with Crippen molar-refractivity contribution in [1.82, 2.24) is 5.32 Å². The quantitative estimate of drug-likeness (QED) is 0.883. The molecule has 0 aliphatic carbocycles. The number of hydrogen-bond acceptors (Lipinski definition) is 3. The highest BCUT2D eigenvalue weighted by molar-refractivity contribution is 6.31. The Balaban J connectivity index is 2.41. The van der Waals surface area contributed by atoms with Crippen LogP contribution < -0.4 is 15.8 Å². The van der Waals surface area contributed by atoms with Crippen LogP contribution >= 0.6 is 11.6 Å². The first kappa shape index (κ1) is 16.9.